The van der Waals surface area contributed by atoms with E-state index in [-0.39, 0.29) is 25.1 Å². The van der Waals surface area contributed by atoms with Crippen molar-refractivity contribution in [3.05, 3.63) is 46.0 Å². The van der Waals surface area contributed by atoms with Crippen LogP contribution in [0.25, 0.3) is 0 Å². The molecule has 1 amide bonds. The van der Waals surface area contributed by atoms with E-state index in [1.54, 1.807) is 0 Å². The Labute approximate surface area is 145 Å². The molecular formula is C18H22FN3O3. The Morgan fingerprint density at radius 1 is 1.40 bits per heavy atom. The quantitative estimate of drug-likeness (QED) is 0.903. The van der Waals surface area contributed by atoms with Crippen LogP contribution in [0.4, 0.5) is 4.39 Å². The van der Waals surface area contributed by atoms with Gasteiger partial charge in [-0.1, -0.05) is 6.92 Å². The lowest BCUT2D eigenvalue weighted by Crippen LogP contribution is -2.25. The third-order valence-corrected chi connectivity index (χ3v) is 4.24. The Balaban J connectivity index is 1.79. The summed E-state index contributed by atoms with van der Waals surface area (Å²) in [4.78, 5) is 12.6. The van der Waals surface area contributed by atoms with E-state index in [9.17, 15) is 9.18 Å². The van der Waals surface area contributed by atoms with Gasteiger partial charge in [0.1, 0.15) is 11.6 Å². The number of carbonyl (C=O) groups excluding carboxylic acids is 1. The third kappa shape index (κ3) is 3.51. The van der Waals surface area contributed by atoms with Crippen LogP contribution < -0.4 is 10.1 Å². The molecule has 1 aromatic heterocycles. The van der Waals surface area contributed by atoms with Crippen molar-refractivity contribution in [2.75, 3.05) is 6.79 Å². The minimum atomic E-state index is -0.375. The average Bonchev–Trinajstić information content (AvgIpc) is 2.86. The molecule has 2 aromatic rings. The molecule has 1 aliphatic rings. The summed E-state index contributed by atoms with van der Waals surface area (Å²) in [5, 5.41) is 7.26. The van der Waals surface area contributed by atoms with Gasteiger partial charge in [0.25, 0.3) is 5.91 Å². The number of nitrogens with one attached hydrogen (secondary N) is 1. The summed E-state index contributed by atoms with van der Waals surface area (Å²) in [7, 11) is 0. The molecule has 134 valence electrons. The maximum Gasteiger partial charge on any atom is 0.255 e. The number of ether oxygens (including phenoxy) is 2. The van der Waals surface area contributed by atoms with Gasteiger partial charge >= 0.3 is 0 Å². The van der Waals surface area contributed by atoms with Gasteiger partial charge in [-0.25, -0.2) is 4.39 Å². The molecule has 6 nitrogen and oxygen atoms in total. The second-order valence-corrected chi connectivity index (χ2v) is 6.12. The average molecular weight is 347 g/mol. The Hall–Kier alpha value is -2.41. The molecule has 0 spiro atoms. The van der Waals surface area contributed by atoms with E-state index in [1.165, 1.54) is 12.1 Å². The van der Waals surface area contributed by atoms with Crippen LogP contribution in [0.2, 0.25) is 0 Å². The van der Waals surface area contributed by atoms with Crippen molar-refractivity contribution in [3.8, 4) is 5.75 Å². The van der Waals surface area contributed by atoms with Gasteiger partial charge in [0, 0.05) is 29.9 Å². The number of halogens is 1. The zero-order valence-electron chi connectivity index (χ0n) is 14.7. The van der Waals surface area contributed by atoms with Gasteiger partial charge in [0.15, 0.2) is 6.79 Å². The van der Waals surface area contributed by atoms with Crippen molar-refractivity contribution >= 4 is 5.91 Å². The van der Waals surface area contributed by atoms with Crippen molar-refractivity contribution in [1.29, 1.82) is 0 Å². The second kappa shape index (κ2) is 7.23. The summed E-state index contributed by atoms with van der Waals surface area (Å²) in [5.41, 5.74) is 3.35. The van der Waals surface area contributed by atoms with E-state index in [2.05, 4.69) is 17.3 Å². The highest BCUT2D eigenvalue weighted by Gasteiger charge is 2.20. The zero-order chi connectivity index (χ0) is 18.0. The second-order valence-electron chi connectivity index (χ2n) is 6.12. The van der Waals surface area contributed by atoms with Gasteiger partial charge in [-0.15, -0.1) is 0 Å². The number of hydrogen-bond acceptors (Lipinski definition) is 4. The number of amides is 1. The van der Waals surface area contributed by atoms with Crippen LogP contribution in [0, 0.1) is 19.7 Å². The van der Waals surface area contributed by atoms with Gasteiger partial charge in [0.2, 0.25) is 0 Å². The molecule has 0 atom stereocenters. The zero-order valence-corrected chi connectivity index (χ0v) is 14.7. The lowest BCUT2D eigenvalue weighted by molar-refractivity contribution is -0.0173. The first-order valence-electron chi connectivity index (χ1n) is 8.35. The summed E-state index contributed by atoms with van der Waals surface area (Å²) in [5.74, 6) is -0.00859. The molecule has 0 radical (unpaired) electrons. The number of hydrogen-bond donors (Lipinski definition) is 1. The van der Waals surface area contributed by atoms with Crippen molar-refractivity contribution < 1.29 is 18.7 Å². The molecule has 2 heterocycles. The molecule has 0 fully saturated rings. The van der Waals surface area contributed by atoms with Crippen molar-refractivity contribution in [2.24, 2.45) is 0 Å². The number of benzene rings is 1. The molecule has 1 aliphatic heterocycles. The summed E-state index contributed by atoms with van der Waals surface area (Å²) >= 11 is 0. The first-order valence-corrected chi connectivity index (χ1v) is 8.35. The Bertz CT molecular complexity index is 801. The number of carbonyl (C=O) groups is 1. The maximum absolute atomic E-state index is 13.8. The lowest BCUT2D eigenvalue weighted by atomic mass is 10.1. The number of fused-ring (bicyclic) bond motifs is 1. The molecular weight excluding hydrogens is 325 g/mol. The van der Waals surface area contributed by atoms with Crippen LogP contribution in [0.15, 0.2) is 12.1 Å². The van der Waals surface area contributed by atoms with E-state index in [0.717, 1.165) is 18.7 Å². The topological polar surface area (TPSA) is 65.4 Å². The van der Waals surface area contributed by atoms with Crippen molar-refractivity contribution in [3.63, 3.8) is 0 Å². The summed E-state index contributed by atoms with van der Waals surface area (Å²) < 4.78 is 26.3. The van der Waals surface area contributed by atoms with Crippen LogP contribution in [0.5, 0.6) is 5.75 Å². The Kier molecular flexibility index (Phi) is 5.03. The molecule has 0 unspecified atom stereocenters. The molecule has 0 bridgehead atoms. The predicted octanol–water partition coefficient (Wildman–Crippen LogP) is 2.85. The molecule has 0 saturated carbocycles. The number of nitrogens with zero attached hydrogens (tertiary/aromatic N) is 2. The van der Waals surface area contributed by atoms with Crippen molar-refractivity contribution in [1.82, 2.24) is 15.1 Å². The maximum atomic E-state index is 13.8. The van der Waals surface area contributed by atoms with Crippen LogP contribution in [-0.4, -0.2) is 22.5 Å². The number of aromatic nitrogens is 2. The minimum Gasteiger partial charge on any atom is -0.467 e. The smallest absolute Gasteiger partial charge is 0.255 e. The van der Waals surface area contributed by atoms with Crippen LogP contribution >= 0.6 is 0 Å². The van der Waals surface area contributed by atoms with E-state index in [1.807, 2.05) is 18.5 Å². The highest BCUT2D eigenvalue weighted by Crippen LogP contribution is 2.29. The van der Waals surface area contributed by atoms with Gasteiger partial charge in [-0.3, -0.25) is 9.48 Å². The van der Waals surface area contributed by atoms with Gasteiger partial charge in [-0.2, -0.15) is 5.10 Å². The van der Waals surface area contributed by atoms with Gasteiger partial charge < -0.3 is 14.8 Å². The van der Waals surface area contributed by atoms with E-state index < -0.39 is 0 Å². The van der Waals surface area contributed by atoms with Gasteiger partial charge in [0.05, 0.1) is 17.9 Å². The minimum absolute atomic E-state index is 0.127. The van der Waals surface area contributed by atoms with Crippen LogP contribution in [0.1, 0.15) is 46.2 Å². The van der Waals surface area contributed by atoms with Crippen molar-refractivity contribution in [2.45, 2.75) is 46.9 Å². The lowest BCUT2D eigenvalue weighted by Gasteiger charge is -2.21. The van der Waals surface area contributed by atoms with Gasteiger partial charge in [-0.05, 0) is 32.4 Å². The third-order valence-electron chi connectivity index (χ3n) is 4.24. The molecule has 0 aliphatic carbocycles. The molecule has 3 rings (SSSR count). The fraction of sp³-hybridized carbons (Fsp3) is 0.444. The fourth-order valence-corrected chi connectivity index (χ4v) is 3.11. The SMILES string of the molecule is CCCn1nc(C)c(C(=O)NCc2cc(F)cc3c2OCOC3)c1C. The van der Waals surface area contributed by atoms with E-state index >= 15 is 0 Å². The Morgan fingerprint density at radius 3 is 2.96 bits per heavy atom. The number of aryl methyl sites for hydroxylation is 2. The van der Waals surface area contributed by atoms with E-state index in [0.29, 0.717) is 34.7 Å². The van der Waals surface area contributed by atoms with E-state index in [4.69, 9.17) is 9.47 Å². The molecule has 25 heavy (non-hydrogen) atoms. The standard InChI is InChI=1S/C18H22FN3O3/c1-4-5-22-12(3)16(11(2)21-22)18(23)20-8-13-6-15(19)7-14-9-24-10-25-17(13)14/h6-7H,4-5,8-10H2,1-3H3,(H,20,23). The largest absolute Gasteiger partial charge is 0.467 e. The summed E-state index contributed by atoms with van der Waals surface area (Å²) in [6.45, 7) is 7.14. The van der Waals surface area contributed by atoms with Crippen LogP contribution in [-0.2, 0) is 24.4 Å². The summed E-state index contributed by atoms with van der Waals surface area (Å²) in [6.07, 6.45) is 0.942. The first kappa shape index (κ1) is 17.4. The highest BCUT2D eigenvalue weighted by molar-refractivity contribution is 5.96. The molecule has 1 aromatic carbocycles. The van der Waals surface area contributed by atoms with Crippen LogP contribution in [0.3, 0.4) is 0 Å². The molecule has 7 heteroatoms. The first-order chi connectivity index (χ1) is 12.0. The fourth-order valence-electron chi connectivity index (χ4n) is 3.11. The number of rotatable bonds is 5. The Morgan fingerprint density at radius 2 is 2.20 bits per heavy atom. The molecule has 1 N–H and O–H groups in total. The predicted molar refractivity (Wildman–Crippen MR) is 89.8 cm³/mol. The normalized spacial score (nSPS) is 13.3. The highest BCUT2D eigenvalue weighted by atomic mass is 19.1. The summed E-state index contributed by atoms with van der Waals surface area (Å²) in [6, 6.07) is 2.77. The monoisotopic (exact) mass is 347 g/mol. The molecule has 0 saturated heterocycles.